The standard InChI is InChI=1S/C7H7Br2NO5/c8-5(6(13)14)7(9,15)10-3(11)1-2-4(10)12/h1-2,5,11-12,15H,(H,13,14). The number of alkyl halides is 2. The number of hydrogen-bond donors (Lipinski definition) is 4. The van der Waals surface area contributed by atoms with Crippen LogP contribution in [-0.2, 0) is 9.43 Å². The summed E-state index contributed by atoms with van der Waals surface area (Å²) in [4.78, 5) is 9.20. The molecule has 0 amide bonds. The first-order chi connectivity index (χ1) is 6.78. The van der Waals surface area contributed by atoms with Crippen molar-refractivity contribution < 1.29 is 25.2 Å². The van der Waals surface area contributed by atoms with Crippen molar-refractivity contribution in [1.29, 1.82) is 0 Å². The molecule has 0 aliphatic rings. The molecule has 0 saturated heterocycles. The third kappa shape index (κ3) is 2.11. The van der Waals surface area contributed by atoms with Crippen molar-refractivity contribution in [2.75, 3.05) is 0 Å². The lowest BCUT2D eigenvalue weighted by Gasteiger charge is -2.26. The Kier molecular flexibility index (Phi) is 3.31. The minimum absolute atomic E-state index is 0.474. The summed E-state index contributed by atoms with van der Waals surface area (Å²) in [5, 5.41) is 37.1. The predicted octanol–water partition coefficient (Wildman–Crippen LogP) is 0.745. The molecule has 0 saturated carbocycles. The molecule has 0 spiro atoms. The maximum Gasteiger partial charge on any atom is 0.323 e. The number of carboxylic acid groups (broad SMARTS) is 1. The van der Waals surface area contributed by atoms with E-state index in [0.717, 1.165) is 12.1 Å². The quantitative estimate of drug-likeness (QED) is 0.606. The highest BCUT2D eigenvalue weighted by Crippen LogP contribution is 2.38. The van der Waals surface area contributed by atoms with Crippen LogP contribution in [0.15, 0.2) is 12.1 Å². The van der Waals surface area contributed by atoms with Gasteiger partial charge in [-0.15, -0.1) is 0 Å². The fourth-order valence-corrected chi connectivity index (χ4v) is 1.77. The van der Waals surface area contributed by atoms with E-state index in [1.807, 2.05) is 0 Å². The predicted molar refractivity (Wildman–Crippen MR) is 57.2 cm³/mol. The molecule has 0 aliphatic heterocycles. The zero-order valence-electron chi connectivity index (χ0n) is 7.13. The fraction of sp³-hybridized carbons (Fsp3) is 0.286. The van der Waals surface area contributed by atoms with Gasteiger partial charge in [0.25, 0.3) is 0 Å². The van der Waals surface area contributed by atoms with Crippen molar-refractivity contribution in [3.8, 4) is 11.8 Å². The minimum atomic E-state index is -2.17. The van der Waals surface area contributed by atoms with Gasteiger partial charge in [0, 0.05) is 12.1 Å². The molecule has 0 aliphatic carbocycles. The summed E-state index contributed by atoms with van der Waals surface area (Å²) < 4.78 is -1.54. The average molecular weight is 345 g/mol. The van der Waals surface area contributed by atoms with E-state index in [-0.39, 0.29) is 0 Å². The van der Waals surface area contributed by atoms with Gasteiger partial charge >= 0.3 is 5.97 Å². The molecule has 1 aromatic rings. The lowest BCUT2D eigenvalue weighted by molar-refractivity contribution is -0.140. The van der Waals surface area contributed by atoms with Crippen LogP contribution in [-0.4, -0.2) is 35.8 Å². The second-order valence-electron chi connectivity index (χ2n) is 2.72. The van der Waals surface area contributed by atoms with E-state index >= 15 is 0 Å². The maximum absolute atomic E-state index is 10.7. The zero-order chi connectivity index (χ0) is 11.8. The monoisotopic (exact) mass is 343 g/mol. The molecule has 1 heterocycles. The summed E-state index contributed by atoms with van der Waals surface area (Å²) in [5.74, 6) is -2.31. The van der Waals surface area contributed by atoms with E-state index in [9.17, 15) is 20.1 Å². The van der Waals surface area contributed by atoms with Crippen LogP contribution >= 0.6 is 31.9 Å². The van der Waals surface area contributed by atoms with Crippen LogP contribution < -0.4 is 0 Å². The van der Waals surface area contributed by atoms with Crippen molar-refractivity contribution in [2.45, 2.75) is 9.46 Å². The van der Waals surface area contributed by atoms with Gasteiger partial charge in [0.15, 0.2) is 16.6 Å². The third-order valence-corrected chi connectivity index (χ3v) is 4.15. The molecule has 0 fully saturated rings. The van der Waals surface area contributed by atoms with Gasteiger partial charge in [0.1, 0.15) is 0 Å². The van der Waals surface area contributed by atoms with Gasteiger partial charge in [-0.25, -0.2) is 4.57 Å². The topological polar surface area (TPSA) is 103 Å². The Morgan fingerprint density at radius 2 is 1.80 bits per heavy atom. The van der Waals surface area contributed by atoms with Crippen LogP contribution in [0.2, 0.25) is 0 Å². The van der Waals surface area contributed by atoms with Crippen LogP contribution in [0.5, 0.6) is 11.8 Å². The van der Waals surface area contributed by atoms with E-state index in [1.54, 1.807) is 0 Å². The normalized spacial score (nSPS) is 17.0. The number of halogens is 2. The molecular formula is C7H7Br2NO5. The van der Waals surface area contributed by atoms with E-state index < -0.39 is 27.2 Å². The number of aromatic nitrogens is 1. The van der Waals surface area contributed by atoms with Crippen molar-refractivity contribution in [1.82, 2.24) is 4.57 Å². The molecule has 15 heavy (non-hydrogen) atoms. The summed E-state index contributed by atoms with van der Waals surface area (Å²) in [7, 11) is 0. The summed E-state index contributed by atoms with van der Waals surface area (Å²) in [6.07, 6.45) is 0. The molecular weight excluding hydrogens is 338 g/mol. The number of aliphatic carboxylic acids is 1. The first-order valence-corrected chi connectivity index (χ1v) is 5.37. The summed E-state index contributed by atoms with van der Waals surface area (Å²) >= 11 is 5.42. The highest BCUT2D eigenvalue weighted by molar-refractivity contribution is 9.12. The maximum atomic E-state index is 10.7. The Balaban J connectivity index is 3.21. The van der Waals surface area contributed by atoms with E-state index in [0.29, 0.717) is 4.57 Å². The van der Waals surface area contributed by atoms with Crippen molar-refractivity contribution in [3.63, 3.8) is 0 Å². The number of nitrogens with zero attached hydrogens (tertiary/aromatic N) is 1. The number of aliphatic hydroxyl groups is 1. The van der Waals surface area contributed by atoms with Crippen molar-refractivity contribution >= 4 is 37.8 Å². The molecule has 0 aromatic carbocycles. The second kappa shape index (κ2) is 4.03. The molecule has 0 radical (unpaired) electrons. The zero-order valence-corrected chi connectivity index (χ0v) is 10.3. The molecule has 1 rings (SSSR count). The number of aromatic hydroxyl groups is 2. The van der Waals surface area contributed by atoms with E-state index in [4.69, 9.17) is 5.11 Å². The van der Waals surface area contributed by atoms with Gasteiger partial charge < -0.3 is 20.4 Å². The van der Waals surface area contributed by atoms with E-state index in [2.05, 4.69) is 31.9 Å². The lowest BCUT2D eigenvalue weighted by atomic mass is 10.4. The number of carbonyl (C=O) groups is 1. The number of rotatable bonds is 3. The average Bonchev–Trinajstić information content (AvgIpc) is 2.44. The van der Waals surface area contributed by atoms with Crippen LogP contribution in [0.3, 0.4) is 0 Å². The van der Waals surface area contributed by atoms with Crippen molar-refractivity contribution in [3.05, 3.63) is 12.1 Å². The highest BCUT2D eigenvalue weighted by atomic mass is 79.9. The van der Waals surface area contributed by atoms with Crippen LogP contribution in [0.25, 0.3) is 0 Å². The summed E-state index contributed by atoms with van der Waals surface area (Å²) in [6.45, 7) is 0. The van der Waals surface area contributed by atoms with Crippen molar-refractivity contribution in [2.24, 2.45) is 0 Å². The summed E-state index contributed by atoms with van der Waals surface area (Å²) in [6, 6.07) is 2.23. The van der Waals surface area contributed by atoms with E-state index in [1.165, 1.54) is 0 Å². The lowest BCUT2D eigenvalue weighted by Crippen LogP contribution is -2.40. The van der Waals surface area contributed by atoms with Gasteiger partial charge in [-0.3, -0.25) is 4.79 Å². The van der Waals surface area contributed by atoms with Crippen LogP contribution in [0.1, 0.15) is 0 Å². The SMILES string of the molecule is O=C(O)C(Br)C(O)(Br)n1c(O)ccc1O. The molecule has 1 aromatic heterocycles. The first-order valence-electron chi connectivity index (χ1n) is 3.66. The highest BCUT2D eigenvalue weighted by Gasteiger charge is 2.42. The molecule has 8 heteroatoms. The number of hydrogen-bond acceptors (Lipinski definition) is 4. The Bertz CT molecular complexity index is 369. The largest absolute Gasteiger partial charge is 0.494 e. The Morgan fingerprint density at radius 3 is 2.13 bits per heavy atom. The molecule has 0 bridgehead atoms. The molecule has 2 unspecified atom stereocenters. The number of carboxylic acids is 1. The minimum Gasteiger partial charge on any atom is -0.494 e. The molecule has 2 atom stereocenters. The smallest absolute Gasteiger partial charge is 0.323 e. The Hall–Kier alpha value is -0.730. The van der Waals surface area contributed by atoms with Gasteiger partial charge in [0.05, 0.1) is 0 Å². The molecule has 84 valence electrons. The summed E-state index contributed by atoms with van der Waals surface area (Å²) in [5.41, 5.74) is 0. The molecule has 6 nitrogen and oxygen atoms in total. The molecule has 4 N–H and O–H groups in total. The van der Waals surface area contributed by atoms with Crippen LogP contribution in [0.4, 0.5) is 0 Å². The Labute approximate surface area is 101 Å². The second-order valence-corrected chi connectivity index (χ2v) is 4.81. The van der Waals surface area contributed by atoms with Gasteiger partial charge in [-0.2, -0.15) is 0 Å². The van der Waals surface area contributed by atoms with Gasteiger partial charge in [-0.05, 0) is 15.9 Å². The third-order valence-electron chi connectivity index (χ3n) is 1.69. The van der Waals surface area contributed by atoms with Gasteiger partial charge in [-0.1, -0.05) is 15.9 Å². The Morgan fingerprint density at radius 1 is 1.40 bits per heavy atom. The van der Waals surface area contributed by atoms with Gasteiger partial charge in [0.2, 0.25) is 4.63 Å². The first kappa shape index (κ1) is 12.3. The van der Waals surface area contributed by atoms with Crippen LogP contribution in [0, 0.1) is 0 Å². The fourth-order valence-electron chi connectivity index (χ4n) is 1.01.